The molecule has 3 aromatic heterocycles. The zero-order valence-electron chi connectivity index (χ0n) is 16.5. The number of rotatable bonds is 4. The Morgan fingerprint density at radius 2 is 1.77 bits per heavy atom. The van der Waals surface area contributed by atoms with Crippen LogP contribution in [-0.4, -0.2) is 32.9 Å². The lowest BCUT2D eigenvalue weighted by atomic mass is 9.87. The standard InChI is InChI=1S/C20H19ClN6O2S/c1-20(2,3)13-4-6-15(7-5-13)30(28,29)26-16-8-14(21)9-23-18(16)27-12-25-17-10-22-11-24-19(17)27/h4-12,26H,1-3H3. The van der Waals surface area contributed by atoms with E-state index < -0.39 is 10.0 Å². The second-order valence-electron chi connectivity index (χ2n) is 7.75. The van der Waals surface area contributed by atoms with Crippen molar-refractivity contribution >= 4 is 38.5 Å². The van der Waals surface area contributed by atoms with Gasteiger partial charge in [-0.25, -0.2) is 28.4 Å². The Morgan fingerprint density at radius 3 is 2.47 bits per heavy atom. The van der Waals surface area contributed by atoms with Crippen LogP contribution >= 0.6 is 11.6 Å². The zero-order chi connectivity index (χ0) is 21.5. The minimum Gasteiger partial charge on any atom is -0.276 e. The molecule has 0 aliphatic heterocycles. The highest BCUT2D eigenvalue weighted by molar-refractivity contribution is 7.92. The van der Waals surface area contributed by atoms with E-state index in [4.69, 9.17) is 11.6 Å². The molecule has 0 saturated carbocycles. The van der Waals surface area contributed by atoms with Crippen molar-refractivity contribution in [2.75, 3.05) is 4.72 Å². The van der Waals surface area contributed by atoms with Crippen molar-refractivity contribution in [3.8, 4) is 5.82 Å². The number of anilines is 1. The minimum atomic E-state index is -3.87. The third kappa shape index (κ3) is 3.86. The molecule has 1 N–H and O–H groups in total. The van der Waals surface area contributed by atoms with Gasteiger partial charge in [-0.3, -0.25) is 9.29 Å². The van der Waals surface area contributed by atoms with Crippen LogP contribution in [0.25, 0.3) is 17.0 Å². The van der Waals surface area contributed by atoms with Gasteiger partial charge in [0, 0.05) is 6.20 Å². The normalized spacial score (nSPS) is 12.3. The molecule has 0 amide bonds. The van der Waals surface area contributed by atoms with Gasteiger partial charge < -0.3 is 0 Å². The van der Waals surface area contributed by atoms with E-state index in [0.29, 0.717) is 22.0 Å². The van der Waals surface area contributed by atoms with Gasteiger partial charge in [-0.2, -0.15) is 0 Å². The van der Waals surface area contributed by atoms with Gasteiger partial charge in [0.2, 0.25) is 0 Å². The van der Waals surface area contributed by atoms with Gasteiger partial charge >= 0.3 is 0 Å². The number of sulfonamides is 1. The molecule has 0 aliphatic carbocycles. The number of hydrogen-bond donors (Lipinski definition) is 1. The van der Waals surface area contributed by atoms with Crippen molar-refractivity contribution in [2.24, 2.45) is 0 Å². The first-order valence-electron chi connectivity index (χ1n) is 9.07. The zero-order valence-corrected chi connectivity index (χ0v) is 18.1. The topological polar surface area (TPSA) is 103 Å². The Kier molecular flexibility index (Phi) is 4.95. The second kappa shape index (κ2) is 7.33. The van der Waals surface area contributed by atoms with Gasteiger partial charge in [0.25, 0.3) is 10.0 Å². The summed E-state index contributed by atoms with van der Waals surface area (Å²) in [5.74, 6) is 0.301. The van der Waals surface area contributed by atoms with Crippen LogP contribution in [0.15, 0.2) is 60.3 Å². The molecule has 4 aromatic rings. The van der Waals surface area contributed by atoms with Crippen LogP contribution in [-0.2, 0) is 15.4 Å². The minimum absolute atomic E-state index is 0.0793. The van der Waals surface area contributed by atoms with Crippen LogP contribution < -0.4 is 4.72 Å². The van der Waals surface area contributed by atoms with Crippen LogP contribution in [0.5, 0.6) is 0 Å². The van der Waals surface area contributed by atoms with Crippen molar-refractivity contribution in [3.63, 3.8) is 0 Å². The predicted octanol–water partition coefficient (Wildman–Crippen LogP) is 3.96. The van der Waals surface area contributed by atoms with E-state index in [1.807, 2.05) is 12.1 Å². The van der Waals surface area contributed by atoms with Gasteiger partial charge in [0.1, 0.15) is 18.2 Å². The van der Waals surface area contributed by atoms with E-state index in [1.54, 1.807) is 22.9 Å². The molecule has 0 radical (unpaired) electrons. The summed E-state index contributed by atoms with van der Waals surface area (Å²) in [6.07, 6.45) is 5.89. The highest BCUT2D eigenvalue weighted by Gasteiger charge is 2.21. The molecular weight excluding hydrogens is 424 g/mol. The lowest BCUT2D eigenvalue weighted by Crippen LogP contribution is -2.16. The molecule has 0 fully saturated rings. The van der Waals surface area contributed by atoms with Gasteiger partial charge in [-0.1, -0.05) is 44.5 Å². The number of nitrogens with one attached hydrogen (secondary N) is 1. The largest absolute Gasteiger partial charge is 0.276 e. The predicted molar refractivity (Wildman–Crippen MR) is 115 cm³/mol. The van der Waals surface area contributed by atoms with Crippen molar-refractivity contribution in [1.29, 1.82) is 0 Å². The Bertz CT molecular complexity index is 1330. The highest BCUT2D eigenvalue weighted by atomic mass is 35.5. The Labute approximate surface area is 179 Å². The van der Waals surface area contributed by atoms with Crippen LogP contribution in [0.2, 0.25) is 5.02 Å². The molecule has 0 aliphatic rings. The Morgan fingerprint density at radius 1 is 1.03 bits per heavy atom. The molecule has 8 nitrogen and oxygen atoms in total. The summed E-state index contributed by atoms with van der Waals surface area (Å²) >= 11 is 6.09. The SMILES string of the molecule is CC(C)(C)c1ccc(S(=O)(=O)Nc2cc(Cl)cnc2-n2cnc3cncnc32)cc1. The van der Waals surface area contributed by atoms with Crippen LogP contribution in [0, 0.1) is 0 Å². The summed E-state index contributed by atoms with van der Waals surface area (Å²) in [5.41, 5.74) is 2.22. The fourth-order valence-electron chi connectivity index (χ4n) is 2.96. The molecule has 0 spiro atoms. The fourth-order valence-corrected chi connectivity index (χ4v) is 4.17. The van der Waals surface area contributed by atoms with Crippen LogP contribution in [0.1, 0.15) is 26.3 Å². The molecule has 1 aromatic carbocycles. The lowest BCUT2D eigenvalue weighted by Gasteiger charge is -2.19. The second-order valence-corrected chi connectivity index (χ2v) is 9.87. The third-order valence-electron chi connectivity index (χ3n) is 4.55. The smallest absolute Gasteiger partial charge is 0.262 e. The van der Waals surface area contributed by atoms with Crippen LogP contribution in [0.4, 0.5) is 5.69 Å². The summed E-state index contributed by atoms with van der Waals surface area (Å²) in [6.45, 7) is 6.20. The van der Waals surface area contributed by atoms with Crippen molar-refractivity contribution < 1.29 is 8.42 Å². The van der Waals surface area contributed by atoms with Crippen molar-refractivity contribution in [1.82, 2.24) is 24.5 Å². The van der Waals surface area contributed by atoms with Gasteiger partial charge in [-0.05, 0) is 29.2 Å². The average molecular weight is 443 g/mol. The molecule has 10 heteroatoms. The lowest BCUT2D eigenvalue weighted by molar-refractivity contribution is 0.587. The molecule has 4 rings (SSSR count). The Hall–Kier alpha value is -3.04. The van der Waals surface area contributed by atoms with Gasteiger partial charge in [-0.15, -0.1) is 0 Å². The summed E-state index contributed by atoms with van der Waals surface area (Å²) in [7, 11) is -3.87. The van der Waals surface area contributed by atoms with E-state index in [2.05, 4.69) is 45.4 Å². The van der Waals surface area contributed by atoms with E-state index in [1.165, 1.54) is 24.9 Å². The number of imidazole rings is 1. The summed E-state index contributed by atoms with van der Waals surface area (Å²) in [4.78, 5) is 16.8. The fraction of sp³-hybridized carbons (Fsp3) is 0.200. The Balaban J connectivity index is 1.75. The third-order valence-corrected chi connectivity index (χ3v) is 6.14. The summed E-state index contributed by atoms with van der Waals surface area (Å²) in [6, 6.07) is 8.29. The highest BCUT2D eigenvalue weighted by Crippen LogP contribution is 2.28. The molecule has 3 heterocycles. The van der Waals surface area contributed by atoms with E-state index in [-0.39, 0.29) is 16.0 Å². The average Bonchev–Trinajstić information content (AvgIpc) is 3.11. The number of benzene rings is 1. The first-order chi connectivity index (χ1) is 14.1. The molecule has 30 heavy (non-hydrogen) atoms. The molecule has 0 bridgehead atoms. The molecule has 0 unspecified atom stereocenters. The maximum atomic E-state index is 13.0. The molecule has 154 valence electrons. The number of pyridine rings is 1. The first kappa shape index (κ1) is 20.2. The summed E-state index contributed by atoms with van der Waals surface area (Å²) in [5, 5.41) is 0.290. The van der Waals surface area contributed by atoms with Crippen molar-refractivity contribution in [3.05, 3.63) is 66.0 Å². The molecular formula is C20H19ClN6O2S. The maximum absolute atomic E-state index is 13.0. The number of fused-ring (bicyclic) bond motifs is 1. The van der Waals surface area contributed by atoms with Crippen molar-refractivity contribution in [2.45, 2.75) is 31.1 Å². The van der Waals surface area contributed by atoms with E-state index >= 15 is 0 Å². The number of aromatic nitrogens is 5. The molecule has 0 saturated heterocycles. The van der Waals surface area contributed by atoms with E-state index in [0.717, 1.165) is 5.56 Å². The number of hydrogen-bond acceptors (Lipinski definition) is 6. The summed E-state index contributed by atoms with van der Waals surface area (Å²) < 4.78 is 30.2. The van der Waals surface area contributed by atoms with E-state index in [9.17, 15) is 8.42 Å². The quantitative estimate of drug-likeness (QED) is 0.513. The first-order valence-corrected chi connectivity index (χ1v) is 10.9. The maximum Gasteiger partial charge on any atom is 0.262 e. The van der Waals surface area contributed by atoms with Gasteiger partial charge in [0.05, 0.1) is 21.8 Å². The van der Waals surface area contributed by atoms with Gasteiger partial charge in [0.15, 0.2) is 11.5 Å². The van der Waals surface area contributed by atoms with Crippen LogP contribution in [0.3, 0.4) is 0 Å². The monoisotopic (exact) mass is 442 g/mol. The number of nitrogens with zero attached hydrogens (tertiary/aromatic N) is 5. The molecule has 0 atom stereocenters. The number of halogens is 1.